The lowest BCUT2D eigenvalue weighted by molar-refractivity contribution is 0.148. The lowest BCUT2D eigenvalue weighted by Crippen LogP contribution is -2.38. The smallest absolute Gasteiger partial charge is 0.155 e. The first-order valence-corrected chi connectivity index (χ1v) is 7.40. The number of rotatable bonds is 3. The zero-order chi connectivity index (χ0) is 14.1. The fourth-order valence-electron chi connectivity index (χ4n) is 2.94. The van der Waals surface area contributed by atoms with E-state index in [9.17, 15) is 5.11 Å². The van der Waals surface area contributed by atoms with Gasteiger partial charge in [0.2, 0.25) is 0 Å². The van der Waals surface area contributed by atoms with Crippen LogP contribution in [0.1, 0.15) is 32.5 Å². The molecule has 0 unspecified atom stereocenters. The number of likely N-dealkylation sites (tertiary alicyclic amines) is 1. The third kappa shape index (κ3) is 2.77. The van der Waals surface area contributed by atoms with Crippen molar-refractivity contribution in [2.24, 2.45) is 5.92 Å². The van der Waals surface area contributed by atoms with Gasteiger partial charge in [-0.15, -0.1) is 0 Å². The van der Waals surface area contributed by atoms with E-state index >= 15 is 0 Å². The van der Waals surface area contributed by atoms with E-state index in [2.05, 4.69) is 28.8 Å². The summed E-state index contributed by atoms with van der Waals surface area (Å²) in [6.07, 6.45) is 4.99. The monoisotopic (exact) mass is 274 g/mol. The van der Waals surface area contributed by atoms with Crippen LogP contribution in [0.5, 0.6) is 5.75 Å². The van der Waals surface area contributed by atoms with E-state index < -0.39 is 0 Å². The van der Waals surface area contributed by atoms with Crippen molar-refractivity contribution in [3.05, 3.63) is 24.2 Å². The van der Waals surface area contributed by atoms with Gasteiger partial charge in [0.15, 0.2) is 11.5 Å². The number of aromatic nitrogens is 3. The minimum absolute atomic E-state index is 0.221. The molecule has 20 heavy (non-hydrogen) atoms. The van der Waals surface area contributed by atoms with Gasteiger partial charge >= 0.3 is 0 Å². The maximum Gasteiger partial charge on any atom is 0.155 e. The van der Waals surface area contributed by atoms with Crippen LogP contribution in [0, 0.1) is 5.92 Å². The van der Waals surface area contributed by atoms with Crippen LogP contribution in [0.15, 0.2) is 18.3 Å². The molecule has 2 aromatic heterocycles. The summed E-state index contributed by atoms with van der Waals surface area (Å²) in [5.74, 6) is 1.79. The molecule has 0 amide bonds. The van der Waals surface area contributed by atoms with Gasteiger partial charge in [-0.2, -0.15) is 5.10 Å². The summed E-state index contributed by atoms with van der Waals surface area (Å²) in [4.78, 5) is 7.06. The van der Waals surface area contributed by atoms with Crippen LogP contribution in [0.3, 0.4) is 0 Å². The summed E-state index contributed by atoms with van der Waals surface area (Å²) in [6, 6.07) is 4.09. The largest absolute Gasteiger partial charge is 0.506 e. The van der Waals surface area contributed by atoms with Crippen LogP contribution >= 0.6 is 0 Å². The molecule has 1 saturated heterocycles. The van der Waals surface area contributed by atoms with E-state index in [1.807, 2.05) is 0 Å². The Morgan fingerprint density at radius 3 is 2.75 bits per heavy atom. The highest BCUT2D eigenvalue weighted by molar-refractivity contribution is 5.40. The van der Waals surface area contributed by atoms with Gasteiger partial charge in [0.1, 0.15) is 5.75 Å². The van der Waals surface area contributed by atoms with Crippen LogP contribution in [0.2, 0.25) is 0 Å². The Morgan fingerprint density at radius 2 is 2.05 bits per heavy atom. The standard InChI is InChI=1S/C15H22N4O/c1-11(2)18-7-5-12(6-8-18)9-14-16-15-4-3-13(20)10-19(15)17-14/h3-4,10-12,20H,5-9H2,1-2H3. The van der Waals surface area contributed by atoms with Gasteiger partial charge in [0, 0.05) is 12.5 Å². The molecule has 3 heterocycles. The van der Waals surface area contributed by atoms with Crippen molar-refractivity contribution in [1.29, 1.82) is 0 Å². The molecule has 0 aliphatic carbocycles. The van der Waals surface area contributed by atoms with E-state index in [1.165, 1.54) is 25.9 Å². The molecule has 0 radical (unpaired) electrons. The number of aromatic hydroxyl groups is 1. The molecule has 1 N–H and O–H groups in total. The lowest BCUT2D eigenvalue weighted by Gasteiger charge is -2.34. The summed E-state index contributed by atoms with van der Waals surface area (Å²) in [5, 5.41) is 13.9. The number of nitrogens with zero attached hydrogens (tertiary/aromatic N) is 4. The van der Waals surface area contributed by atoms with Crippen molar-refractivity contribution in [3.8, 4) is 5.75 Å². The number of piperidine rings is 1. The Bertz CT molecular complexity index is 585. The lowest BCUT2D eigenvalue weighted by atomic mass is 9.93. The Morgan fingerprint density at radius 1 is 1.30 bits per heavy atom. The van der Waals surface area contributed by atoms with Crippen molar-refractivity contribution < 1.29 is 5.11 Å². The molecule has 0 atom stereocenters. The second kappa shape index (κ2) is 5.40. The van der Waals surface area contributed by atoms with Gasteiger partial charge in [0.25, 0.3) is 0 Å². The summed E-state index contributed by atoms with van der Waals surface area (Å²) in [5.41, 5.74) is 0.803. The van der Waals surface area contributed by atoms with Crippen LogP contribution < -0.4 is 0 Å². The molecule has 0 saturated carbocycles. The first-order valence-electron chi connectivity index (χ1n) is 7.40. The minimum Gasteiger partial charge on any atom is -0.506 e. The fourth-order valence-corrected chi connectivity index (χ4v) is 2.94. The highest BCUT2D eigenvalue weighted by atomic mass is 16.3. The Hall–Kier alpha value is -1.62. The van der Waals surface area contributed by atoms with E-state index in [-0.39, 0.29) is 5.75 Å². The van der Waals surface area contributed by atoms with E-state index in [4.69, 9.17) is 0 Å². The molecule has 5 nitrogen and oxygen atoms in total. The third-order valence-electron chi connectivity index (χ3n) is 4.21. The predicted octanol–water partition coefficient (Wildman–Crippen LogP) is 2.10. The number of fused-ring (bicyclic) bond motifs is 1. The molecule has 1 aliphatic heterocycles. The Kier molecular flexibility index (Phi) is 3.61. The van der Waals surface area contributed by atoms with Gasteiger partial charge in [-0.1, -0.05) is 0 Å². The fraction of sp³-hybridized carbons (Fsp3) is 0.600. The van der Waals surface area contributed by atoms with Crippen molar-refractivity contribution in [2.45, 2.75) is 39.2 Å². The maximum atomic E-state index is 9.45. The average molecular weight is 274 g/mol. The average Bonchev–Trinajstić information content (AvgIpc) is 2.80. The summed E-state index contributed by atoms with van der Waals surface area (Å²) in [6.45, 7) is 6.87. The quantitative estimate of drug-likeness (QED) is 0.931. The van der Waals surface area contributed by atoms with Crippen molar-refractivity contribution in [3.63, 3.8) is 0 Å². The van der Waals surface area contributed by atoms with Crippen molar-refractivity contribution in [1.82, 2.24) is 19.5 Å². The molecule has 0 aromatic carbocycles. The minimum atomic E-state index is 0.221. The Balaban J connectivity index is 1.65. The third-order valence-corrected chi connectivity index (χ3v) is 4.21. The molecule has 108 valence electrons. The molecule has 1 fully saturated rings. The van der Waals surface area contributed by atoms with Gasteiger partial charge < -0.3 is 10.0 Å². The molecule has 1 aliphatic rings. The number of hydrogen-bond acceptors (Lipinski definition) is 4. The molecule has 0 bridgehead atoms. The Labute approximate surface area is 119 Å². The highest BCUT2D eigenvalue weighted by Crippen LogP contribution is 2.22. The van der Waals surface area contributed by atoms with Crippen LogP contribution in [-0.4, -0.2) is 43.7 Å². The van der Waals surface area contributed by atoms with Crippen molar-refractivity contribution in [2.75, 3.05) is 13.1 Å². The molecule has 5 heteroatoms. The van der Waals surface area contributed by atoms with Crippen LogP contribution in [0.25, 0.3) is 5.65 Å². The van der Waals surface area contributed by atoms with E-state index in [0.29, 0.717) is 12.0 Å². The van der Waals surface area contributed by atoms with Crippen molar-refractivity contribution >= 4 is 5.65 Å². The molecule has 2 aromatic rings. The molecule has 0 spiro atoms. The van der Waals surface area contributed by atoms with Gasteiger partial charge in [-0.05, 0) is 57.8 Å². The SMILES string of the molecule is CC(C)N1CCC(Cc2nc3ccc(O)cn3n2)CC1. The number of pyridine rings is 1. The molecular weight excluding hydrogens is 252 g/mol. The second-order valence-electron chi connectivity index (χ2n) is 6.00. The second-order valence-corrected chi connectivity index (χ2v) is 6.00. The highest BCUT2D eigenvalue weighted by Gasteiger charge is 2.22. The topological polar surface area (TPSA) is 53.7 Å². The van der Waals surface area contributed by atoms with Gasteiger partial charge in [-0.25, -0.2) is 9.50 Å². The molecular formula is C15H22N4O. The zero-order valence-corrected chi connectivity index (χ0v) is 12.2. The first kappa shape index (κ1) is 13.4. The molecule has 3 rings (SSSR count). The zero-order valence-electron chi connectivity index (χ0n) is 12.2. The van der Waals surface area contributed by atoms with Gasteiger partial charge in [0.05, 0.1) is 6.20 Å². The predicted molar refractivity (Wildman–Crippen MR) is 77.8 cm³/mol. The first-order chi connectivity index (χ1) is 9.61. The summed E-state index contributed by atoms with van der Waals surface area (Å²) >= 11 is 0. The maximum absolute atomic E-state index is 9.45. The summed E-state index contributed by atoms with van der Waals surface area (Å²) < 4.78 is 1.66. The normalized spacial score (nSPS) is 18.1. The van der Waals surface area contributed by atoms with Crippen LogP contribution in [-0.2, 0) is 6.42 Å². The van der Waals surface area contributed by atoms with E-state index in [1.54, 1.807) is 22.8 Å². The van der Waals surface area contributed by atoms with Crippen LogP contribution in [0.4, 0.5) is 0 Å². The van der Waals surface area contributed by atoms with Gasteiger partial charge in [-0.3, -0.25) is 0 Å². The summed E-state index contributed by atoms with van der Waals surface area (Å²) in [7, 11) is 0. The number of hydrogen-bond donors (Lipinski definition) is 1. The van der Waals surface area contributed by atoms with E-state index in [0.717, 1.165) is 17.9 Å².